The summed E-state index contributed by atoms with van der Waals surface area (Å²) in [6, 6.07) is 16.6. The smallest absolute Gasteiger partial charge is 0.269 e. The van der Waals surface area contributed by atoms with Gasteiger partial charge in [-0.1, -0.05) is 18.2 Å². The lowest BCUT2D eigenvalue weighted by atomic mass is 10.1. The lowest BCUT2D eigenvalue weighted by molar-refractivity contribution is 0.0700. The predicted molar refractivity (Wildman–Crippen MR) is 166 cm³/mol. The van der Waals surface area contributed by atoms with Crippen LogP contribution in [0.3, 0.4) is 0 Å². The molecule has 9 heteroatoms. The van der Waals surface area contributed by atoms with E-state index in [1.54, 1.807) is 19.3 Å². The van der Waals surface area contributed by atoms with E-state index >= 15 is 0 Å². The van der Waals surface area contributed by atoms with Gasteiger partial charge in [0.05, 0.1) is 16.8 Å². The minimum atomic E-state index is -0.198. The van der Waals surface area contributed by atoms with Crippen LogP contribution in [-0.2, 0) is 6.54 Å². The van der Waals surface area contributed by atoms with Gasteiger partial charge in [-0.25, -0.2) is 4.52 Å². The molecule has 1 saturated heterocycles. The maximum absolute atomic E-state index is 13.5. The molecule has 5 heterocycles. The first-order chi connectivity index (χ1) is 20.9. The monoisotopic (exact) mass is 573 g/mol. The summed E-state index contributed by atoms with van der Waals surface area (Å²) in [5.41, 5.74) is 14.7. The van der Waals surface area contributed by atoms with Gasteiger partial charge < -0.3 is 20.5 Å². The Bertz CT molecular complexity index is 1920. The fraction of sp³-hybridized carbons (Fsp3) is 0.353. The van der Waals surface area contributed by atoms with Crippen LogP contribution in [0.5, 0.6) is 0 Å². The number of carbonyl (C=O) groups excluding carboxylic acids is 2. The summed E-state index contributed by atoms with van der Waals surface area (Å²) in [6.07, 6.45) is 8.23. The number of aryl methyl sites for hydroxylation is 1. The van der Waals surface area contributed by atoms with Gasteiger partial charge in [-0.15, -0.1) is 0 Å². The summed E-state index contributed by atoms with van der Waals surface area (Å²) >= 11 is 0. The molecule has 2 bridgehead atoms. The SMILES string of the molecule is CNC(=O)c1ccc(-c2ccc3cc(-c4nn5cc(C(=O)N6CC7CCC6[C@@H]7N)ccc5c4C)n(CC4CC4)c3c2)cn1. The van der Waals surface area contributed by atoms with Crippen LogP contribution in [0.1, 0.15) is 52.1 Å². The minimum Gasteiger partial charge on any atom is -0.354 e. The van der Waals surface area contributed by atoms with Crippen molar-refractivity contribution in [3.63, 3.8) is 0 Å². The van der Waals surface area contributed by atoms with Crippen LogP contribution in [0, 0.1) is 18.8 Å². The summed E-state index contributed by atoms with van der Waals surface area (Å²) in [5.74, 6) is 0.933. The molecule has 8 rings (SSSR count). The first kappa shape index (κ1) is 26.2. The van der Waals surface area contributed by atoms with Crippen molar-refractivity contribution in [3.05, 3.63) is 77.7 Å². The van der Waals surface area contributed by atoms with E-state index in [1.807, 2.05) is 33.8 Å². The maximum Gasteiger partial charge on any atom is 0.269 e. The molecule has 0 spiro atoms. The average molecular weight is 574 g/mol. The van der Waals surface area contributed by atoms with Crippen molar-refractivity contribution in [2.75, 3.05) is 13.6 Å². The Morgan fingerprint density at radius 3 is 2.53 bits per heavy atom. The number of piperidine rings is 1. The van der Waals surface area contributed by atoms with E-state index < -0.39 is 0 Å². The number of fused-ring (bicyclic) bond motifs is 4. The fourth-order valence-corrected chi connectivity index (χ4v) is 7.20. The lowest BCUT2D eigenvalue weighted by Gasteiger charge is -2.27. The molecule has 3 fully saturated rings. The third kappa shape index (κ3) is 4.25. The van der Waals surface area contributed by atoms with Crippen LogP contribution in [-0.4, -0.2) is 61.6 Å². The van der Waals surface area contributed by atoms with Gasteiger partial charge in [-0.2, -0.15) is 5.10 Å². The second-order valence-electron chi connectivity index (χ2n) is 12.5. The summed E-state index contributed by atoms with van der Waals surface area (Å²) < 4.78 is 4.28. The molecule has 2 saturated carbocycles. The zero-order chi connectivity index (χ0) is 29.4. The number of benzene rings is 1. The molecule has 4 aromatic heterocycles. The van der Waals surface area contributed by atoms with E-state index in [1.165, 1.54) is 12.8 Å². The van der Waals surface area contributed by atoms with Crippen LogP contribution >= 0.6 is 0 Å². The fourth-order valence-electron chi connectivity index (χ4n) is 7.20. The Morgan fingerprint density at radius 1 is 1.00 bits per heavy atom. The summed E-state index contributed by atoms with van der Waals surface area (Å²) in [7, 11) is 1.61. The molecule has 1 aromatic carbocycles. The quantitative estimate of drug-likeness (QED) is 0.307. The number of carbonyl (C=O) groups is 2. The van der Waals surface area contributed by atoms with E-state index in [2.05, 4.69) is 46.1 Å². The van der Waals surface area contributed by atoms with Gasteiger partial charge in [0, 0.05) is 66.6 Å². The van der Waals surface area contributed by atoms with E-state index in [-0.39, 0.29) is 23.9 Å². The Labute approximate surface area is 249 Å². The molecule has 2 aliphatic carbocycles. The Kier molecular flexibility index (Phi) is 5.94. The van der Waals surface area contributed by atoms with E-state index in [0.717, 1.165) is 70.4 Å². The molecule has 3 N–H and O–H groups in total. The summed E-state index contributed by atoms with van der Waals surface area (Å²) in [6.45, 7) is 3.80. The maximum atomic E-state index is 13.5. The second-order valence-corrected chi connectivity index (χ2v) is 12.5. The number of likely N-dealkylation sites (tertiary alicyclic amines) is 1. The number of hydrogen-bond donors (Lipinski definition) is 2. The number of aromatic nitrogens is 4. The van der Waals surface area contributed by atoms with Gasteiger partial charge in [0.2, 0.25) is 0 Å². The van der Waals surface area contributed by atoms with Gasteiger partial charge in [0.1, 0.15) is 11.4 Å². The molecule has 2 amide bonds. The minimum absolute atomic E-state index is 0.0486. The molecule has 9 nitrogen and oxygen atoms in total. The summed E-state index contributed by atoms with van der Waals surface area (Å²) in [5, 5.41) is 8.84. The van der Waals surface area contributed by atoms with Gasteiger partial charge in [-0.05, 0) is 80.3 Å². The zero-order valence-corrected chi connectivity index (χ0v) is 24.5. The number of hydrogen-bond acceptors (Lipinski definition) is 5. The molecule has 3 aliphatic rings. The van der Waals surface area contributed by atoms with Crippen LogP contribution in [0.2, 0.25) is 0 Å². The number of pyridine rings is 2. The van der Waals surface area contributed by atoms with Crippen molar-refractivity contribution >= 4 is 28.2 Å². The molecule has 2 unspecified atom stereocenters. The standard InChI is InChI=1S/C34H35N7O2/c1-19-27-11-9-25(34(43)40-17-24-8-12-28(40)31(24)35)18-41(27)38-32(19)30-14-22-6-5-21(13-29(22)39(30)16-20-3-4-20)23-7-10-26(37-15-23)33(42)36-2/h5-7,9-11,13-15,18,20,24,28,31H,3-4,8,12,16-17,35H2,1-2H3,(H,36,42)/t24?,28?,31-/m1/s1. The van der Waals surface area contributed by atoms with E-state index in [4.69, 9.17) is 10.8 Å². The van der Waals surface area contributed by atoms with Crippen molar-refractivity contribution in [1.82, 2.24) is 29.4 Å². The highest BCUT2D eigenvalue weighted by atomic mass is 16.2. The predicted octanol–water partition coefficient (Wildman–Crippen LogP) is 4.66. The highest BCUT2D eigenvalue weighted by molar-refractivity contribution is 5.96. The Balaban J connectivity index is 1.17. The van der Waals surface area contributed by atoms with Gasteiger partial charge in [0.25, 0.3) is 11.8 Å². The van der Waals surface area contributed by atoms with Crippen molar-refractivity contribution in [1.29, 1.82) is 0 Å². The van der Waals surface area contributed by atoms with Crippen molar-refractivity contribution in [3.8, 4) is 22.5 Å². The topological polar surface area (TPSA) is 111 Å². The average Bonchev–Trinajstić information content (AvgIpc) is 3.45. The third-order valence-corrected chi connectivity index (χ3v) is 9.88. The Morgan fingerprint density at radius 2 is 1.84 bits per heavy atom. The molecule has 218 valence electrons. The number of nitrogens with one attached hydrogen (secondary N) is 1. The first-order valence-corrected chi connectivity index (χ1v) is 15.3. The molecule has 43 heavy (non-hydrogen) atoms. The van der Waals surface area contributed by atoms with Crippen LogP contribution in [0.4, 0.5) is 0 Å². The van der Waals surface area contributed by atoms with Crippen LogP contribution < -0.4 is 11.1 Å². The molecular formula is C34H35N7O2. The number of nitrogens with zero attached hydrogens (tertiary/aromatic N) is 5. The first-order valence-electron chi connectivity index (χ1n) is 15.3. The lowest BCUT2D eigenvalue weighted by Crippen LogP contribution is -2.41. The highest BCUT2D eigenvalue weighted by Gasteiger charge is 2.46. The van der Waals surface area contributed by atoms with Gasteiger partial charge in [-0.3, -0.25) is 14.6 Å². The van der Waals surface area contributed by atoms with Crippen molar-refractivity contribution < 1.29 is 9.59 Å². The second kappa shape index (κ2) is 9.77. The molecule has 1 aliphatic heterocycles. The molecule has 3 atom stereocenters. The molecule has 5 aromatic rings. The van der Waals surface area contributed by atoms with E-state index in [0.29, 0.717) is 23.1 Å². The highest BCUT2D eigenvalue weighted by Crippen LogP contribution is 2.39. The van der Waals surface area contributed by atoms with Crippen LogP contribution in [0.15, 0.2) is 60.9 Å². The van der Waals surface area contributed by atoms with Crippen LogP contribution in [0.25, 0.3) is 38.9 Å². The van der Waals surface area contributed by atoms with Gasteiger partial charge in [0.15, 0.2) is 0 Å². The molecule has 0 radical (unpaired) electrons. The third-order valence-electron chi connectivity index (χ3n) is 9.88. The number of amides is 2. The zero-order valence-electron chi connectivity index (χ0n) is 24.5. The van der Waals surface area contributed by atoms with Gasteiger partial charge >= 0.3 is 0 Å². The molecular weight excluding hydrogens is 538 g/mol. The normalized spacial score (nSPS) is 21.3. The summed E-state index contributed by atoms with van der Waals surface area (Å²) in [4.78, 5) is 31.8. The number of rotatable bonds is 6. The Hall–Kier alpha value is -4.50. The largest absolute Gasteiger partial charge is 0.354 e. The van der Waals surface area contributed by atoms with Crippen molar-refractivity contribution in [2.45, 2.75) is 51.2 Å². The van der Waals surface area contributed by atoms with E-state index in [9.17, 15) is 9.59 Å². The number of nitrogens with two attached hydrogens (primary N) is 1. The van der Waals surface area contributed by atoms with Crippen molar-refractivity contribution in [2.24, 2.45) is 17.6 Å².